The molecule has 0 aliphatic heterocycles. The van der Waals surface area contributed by atoms with Gasteiger partial charge in [-0.2, -0.15) is 4.39 Å². The van der Waals surface area contributed by atoms with Crippen molar-refractivity contribution in [2.75, 3.05) is 5.32 Å². The molecule has 3 heterocycles. The van der Waals surface area contributed by atoms with Gasteiger partial charge in [-0.1, -0.05) is 0 Å². The Morgan fingerprint density at radius 2 is 1.85 bits per heavy atom. The summed E-state index contributed by atoms with van der Waals surface area (Å²) in [7, 11) is 0. The van der Waals surface area contributed by atoms with Crippen molar-refractivity contribution >= 4 is 17.2 Å². The molecule has 1 aromatic carbocycles. The summed E-state index contributed by atoms with van der Waals surface area (Å²) in [5.41, 5.74) is 2.67. The third-order valence-corrected chi connectivity index (χ3v) is 3.76. The second-order valence-corrected chi connectivity index (χ2v) is 5.76. The average Bonchev–Trinajstić information content (AvgIpc) is 3.07. The molecule has 3 aromatic heterocycles. The van der Waals surface area contributed by atoms with Crippen LogP contribution in [0.3, 0.4) is 0 Å². The second-order valence-electron chi connectivity index (χ2n) is 5.76. The lowest BCUT2D eigenvalue weighted by Gasteiger charge is -2.07. The maximum Gasteiger partial charge on any atom is 0.237 e. The van der Waals surface area contributed by atoms with Crippen LogP contribution in [0.1, 0.15) is 6.92 Å². The van der Waals surface area contributed by atoms with Crippen molar-refractivity contribution in [1.29, 1.82) is 0 Å². The smallest absolute Gasteiger partial charge is 0.237 e. The first kappa shape index (κ1) is 16.6. The average molecular weight is 363 g/mol. The Hall–Kier alpha value is -3.81. The van der Waals surface area contributed by atoms with Gasteiger partial charge in [0.15, 0.2) is 5.65 Å². The Kier molecular flexibility index (Phi) is 4.21. The van der Waals surface area contributed by atoms with E-state index in [0.29, 0.717) is 34.2 Å². The fraction of sp³-hybridized carbons (Fsp3) is 0.0526. The molecule has 0 bridgehead atoms. The number of nitrogens with one attached hydrogen (secondary N) is 1. The standard InChI is InChI=1S/C19H14FN5O2/c1-12(26)23-14-3-5-15(6-4-14)27-19-9-8-18-22-11-16(25(18)24-19)13-2-7-17(20)21-10-13/h2-11H,1H3,(H,23,26). The molecule has 0 saturated carbocycles. The molecule has 1 N–H and O–H groups in total. The minimum absolute atomic E-state index is 0.140. The van der Waals surface area contributed by atoms with E-state index in [2.05, 4.69) is 20.4 Å². The maximum atomic E-state index is 13.1. The van der Waals surface area contributed by atoms with Crippen molar-refractivity contribution in [3.63, 3.8) is 0 Å². The normalized spacial score (nSPS) is 10.7. The van der Waals surface area contributed by atoms with Crippen LogP contribution in [0, 0.1) is 5.95 Å². The highest BCUT2D eigenvalue weighted by molar-refractivity contribution is 5.88. The van der Waals surface area contributed by atoms with Gasteiger partial charge >= 0.3 is 0 Å². The molecule has 7 nitrogen and oxygen atoms in total. The molecule has 0 aliphatic rings. The van der Waals surface area contributed by atoms with E-state index in [9.17, 15) is 9.18 Å². The van der Waals surface area contributed by atoms with Crippen LogP contribution in [0.5, 0.6) is 11.6 Å². The topological polar surface area (TPSA) is 81.4 Å². The number of benzene rings is 1. The highest BCUT2D eigenvalue weighted by Crippen LogP contribution is 2.24. The van der Waals surface area contributed by atoms with E-state index in [-0.39, 0.29) is 5.91 Å². The molecule has 0 fully saturated rings. The van der Waals surface area contributed by atoms with Crippen molar-refractivity contribution in [2.45, 2.75) is 6.92 Å². The van der Waals surface area contributed by atoms with Crippen molar-refractivity contribution in [3.8, 4) is 22.9 Å². The van der Waals surface area contributed by atoms with Crippen LogP contribution in [0.15, 0.2) is 60.9 Å². The number of ether oxygens (including phenoxy) is 1. The quantitative estimate of drug-likeness (QED) is 0.559. The summed E-state index contributed by atoms with van der Waals surface area (Å²) >= 11 is 0. The lowest BCUT2D eigenvalue weighted by atomic mass is 10.2. The van der Waals surface area contributed by atoms with Crippen LogP contribution in [0.4, 0.5) is 10.1 Å². The third-order valence-electron chi connectivity index (χ3n) is 3.76. The van der Waals surface area contributed by atoms with Gasteiger partial charge in [0.2, 0.25) is 17.7 Å². The number of carbonyl (C=O) groups excluding carboxylic acids is 1. The van der Waals surface area contributed by atoms with Gasteiger partial charge in [0, 0.05) is 30.4 Å². The van der Waals surface area contributed by atoms with E-state index in [1.54, 1.807) is 53.2 Å². The number of nitrogens with zero attached hydrogens (tertiary/aromatic N) is 4. The van der Waals surface area contributed by atoms with E-state index >= 15 is 0 Å². The minimum atomic E-state index is -0.549. The summed E-state index contributed by atoms with van der Waals surface area (Å²) in [5.74, 6) is 0.246. The van der Waals surface area contributed by atoms with E-state index in [1.165, 1.54) is 19.2 Å². The van der Waals surface area contributed by atoms with Crippen LogP contribution < -0.4 is 10.1 Å². The minimum Gasteiger partial charge on any atom is -0.438 e. The molecule has 0 atom stereocenters. The Balaban J connectivity index is 1.62. The predicted molar refractivity (Wildman–Crippen MR) is 97.0 cm³/mol. The number of anilines is 1. The van der Waals surface area contributed by atoms with Gasteiger partial charge in [-0.25, -0.2) is 14.5 Å². The van der Waals surface area contributed by atoms with Gasteiger partial charge in [-0.05, 0) is 42.5 Å². The monoisotopic (exact) mass is 363 g/mol. The van der Waals surface area contributed by atoms with Gasteiger partial charge in [0.25, 0.3) is 0 Å². The number of pyridine rings is 1. The van der Waals surface area contributed by atoms with Gasteiger partial charge < -0.3 is 10.1 Å². The van der Waals surface area contributed by atoms with Crippen molar-refractivity contribution in [3.05, 3.63) is 66.9 Å². The first-order valence-corrected chi connectivity index (χ1v) is 8.11. The Labute approximate surface area is 153 Å². The highest BCUT2D eigenvalue weighted by atomic mass is 19.1. The van der Waals surface area contributed by atoms with E-state index in [1.807, 2.05) is 0 Å². The molecule has 4 aromatic rings. The van der Waals surface area contributed by atoms with Crippen LogP contribution in [0.25, 0.3) is 16.9 Å². The molecule has 0 spiro atoms. The third kappa shape index (κ3) is 3.59. The maximum absolute atomic E-state index is 13.1. The fourth-order valence-electron chi connectivity index (χ4n) is 2.57. The summed E-state index contributed by atoms with van der Waals surface area (Å²) in [4.78, 5) is 19.0. The first-order chi connectivity index (χ1) is 13.1. The second kappa shape index (κ2) is 6.83. The first-order valence-electron chi connectivity index (χ1n) is 8.11. The molecule has 27 heavy (non-hydrogen) atoms. The molecule has 8 heteroatoms. The molecular formula is C19H14FN5O2. The summed E-state index contributed by atoms with van der Waals surface area (Å²) in [6.07, 6.45) is 3.07. The number of hydrogen-bond acceptors (Lipinski definition) is 5. The van der Waals surface area contributed by atoms with E-state index in [4.69, 9.17) is 4.74 Å². The Morgan fingerprint density at radius 1 is 1.04 bits per heavy atom. The van der Waals surface area contributed by atoms with E-state index < -0.39 is 5.95 Å². The van der Waals surface area contributed by atoms with Crippen LogP contribution in [-0.4, -0.2) is 25.5 Å². The lowest BCUT2D eigenvalue weighted by Crippen LogP contribution is -2.05. The molecule has 0 saturated heterocycles. The zero-order valence-corrected chi connectivity index (χ0v) is 14.3. The van der Waals surface area contributed by atoms with Gasteiger partial charge in [0.05, 0.1) is 11.9 Å². The molecule has 134 valence electrons. The summed E-state index contributed by atoms with van der Waals surface area (Å²) < 4.78 is 20.4. The highest BCUT2D eigenvalue weighted by Gasteiger charge is 2.10. The molecule has 0 unspecified atom stereocenters. The van der Waals surface area contributed by atoms with Gasteiger partial charge in [0.1, 0.15) is 5.75 Å². The summed E-state index contributed by atoms with van der Waals surface area (Å²) in [6, 6.07) is 13.3. The molecule has 4 rings (SSSR count). The number of amides is 1. The number of imidazole rings is 1. The Morgan fingerprint density at radius 3 is 2.56 bits per heavy atom. The van der Waals surface area contributed by atoms with E-state index in [0.717, 1.165) is 0 Å². The number of rotatable bonds is 4. The predicted octanol–water partition coefficient (Wildman–Crippen LogP) is 3.68. The number of halogens is 1. The molecule has 0 radical (unpaired) electrons. The zero-order chi connectivity index (χ0) is 18.8. The number of aromatic nitrogens is 4. The number of fused-ring (bicyclic) bond motifs is 1. The fourth-order valence-corrected chi connectivity index (χ4v) is 2.57. The SMILES string of the molecule is CC(=O)Nc1ccc(Oc2ccc3ncc(-c4ccc(F)nc4)n3n2)cc1. The van der Waals surface area contributed by atoms with Crippen molar-refractivity contribution in [2.24, 2.45) is 0 Å². The Bertz CT molecular complexity index is 1110. The largest absolute Gasteiger partial charge is 0.438 e. The van der Waals surface area contributed by atoms with Crippen molar-refractivity contribution < 1.29 is 13.9 Å². The van der Waals surface area contributed by atoms with Crippen LogP contribution >= 0.6 is 0 Å². The van der Waals surface area contributed by atoms with Crippen LogP contribution in [-0.2, 0) is 4.79 Å². The van der Waals surface area contributed by atoms with Gasteiger partial charge in [-0.15, -0.1) is 5.10 Å². The summed E-state index contributed by atoms with van der Waals surface area (Å²) in [6.45, 7) is 1.45. The summed E-state index contributed by atoms with van der Waals surface area (Å²) in [5, 5.41) is 7.13. The number of carbonyl (C=O) groups is 1. The zero-order valence-electron chi connectivity index (χ0n) is 14.3. The van der Waals surface area contributed by atoms with Gasteiger partial charge in [-0.3, -0.25) is 4.79 Å². The molecular weight excluding hydrogens is 349 g/mol. The lowest BCUT2D eigenvalue weighted by molar-refractivity contribution is -0.114. The molecule has 1 amide bonds. The van der Waals surface area contributed by atoms with Crippen molar-refractivity contribution in [1.82, 2.24) is 19.6 Å². The molecule has 0 aliphatic carbocycles. The van der Waals surface area contributed by atoms with Crippen LogP contribution in [0.2, 0.25) is 0 Å². The number of hydrogen-bond donors (Lipinski definition) is 1.